The van der Waals surface area contributed by atoms with E-state index in [-0.39, 0.29) is 0 Å². The zero-order chi connectivity index (χ0) is 14.1. The van der Waals surface area contributed by atoms with Crippen LogP contribution in [0.25, 0.3) is 10.9 Å². The molecule has 1 heterocycles. The molecule has 1 aromatic heterocycles. The Morgan fingerprint density at radius 3 is 2.75 bits per heavy atom. The Labute approximate surface area is 121 Å². The molecule has 2 N–H and O–H groups in total. The highest BCUT2D eigenvalue weighted by Crippen LogP contribution is 2.30. The molecule has 4 nitrogen and oxygen atoms in total. The topological polar surface area (TPSA) is 61.0 Å². The molecule has 0 atom stereocenters. The lowest BCUT2D eigenvalue weighted by Gasteiger charge is -2.10. The van der Waals surface area contributed by atoms with E-state index in [1.54, 1.807) is 18.2 Å². The summed E-state index contributed by atoms with van der Waals surface area (Å²) in [6.07, 6.45) is 1.46. The highest BCUT2D eigenvalue weighted by Gasteiger charge is 2.08. The van der Waals surface area contributed by atoms with Gasteiger partial charge in [0.05, 0.1) is 10.9 Å². The van der Waals surface area contributed by atoms with Crippen LogP contribution in [0.5, 0.6) is 11.6 Å². The Balaban J connectivity index is 2.06. The monoisotopic (exact) mass is 285 g/mol. The summed E-state index contributed by atoms with van der Waals surface area (Å²) in [6, 6.07) is 10.9. The summed E-state index contributed by atoms with van der Waals surface area (Å²) >= 11 is 5.94. The van der Waals surface area contributed by atoms with Gasteiger partial charge in [-0.2, -0.15) is 0 Å². The number of aryl methyl sites for hydroxylation is 1. The number of benzene rings is 2. The van der Waals surface area contributed by atoms with Crippen LogP contribution in [0.4, 0.5) is 5.69 Å². The molecule has 3 aromatic rings. The van der Waals surface area contributed by atoms with Gasteiger partial charge in [0, 0.05) is 10.7 Å². The van der Waals surface area contributed by atoms with Crippen molar-refractivity contribution >= 4 is 28.2 Å². The molecule has 0 fully saturated rings. The summed E-state index contributed by atoms with van der Waals surface area (Å²) < 4.78 is 5.87. The Morgan fingerprint density at radius 2 is 1.95 bits per heavy atom. The zero-order valence-electron chi connectivity index (χ0n) is 10.8. The smallest absolute Gasteiger partial charge is 0.230 e. The fourth-order valence-corrected chi connectivity index (χ4v) is 2.19. The van der Waals surface area contributed by atoms with E-state index in [0.717, 1.165) is 16.5 Å². The average molecular weight is 286 g/mol. The van der Waals surface area contributed by atoms with Crippen LogP contribution in [0.15, 0.2) is 42.7 Å². The van der Waals surface area contributed by atoms with E-state index in [0.29, 0.717) is 22.3 Å². The van der Waals surface area contributed by atoms with Gasteiger partial charge in [-0.3, -0.25) is 0 Å². The van der Waals surface area contributed by atoms with E-state index in [1.807, 2.05) is 25.1 Å². The molecule has 0 aliphatic heterocycles. The van der Waals surface area contributed by atoms with Gasteiger partial charge in [0.2, 0.25) is 5.88 Å². The van der Waals surface area contributed by atoms with Crippen LogP contribution in [0.3, 0.4) is 0 Å². The van der Waals surface area contributed by atoms with Crippen LogP contribution < -0.4 is 10.5 Å². The largest absolute Gasteiger partial charge is 0.438 e. The average Bonchev–Trinajstić information content (AvgIpc) is 2.41. The summed E-state index contributed by atoms with van der Waals surface area (Å²) in [5.74, 6) is 1.21. The molecule has 20 heavy (non-hydrogen) atoms. The second-order valence-corrected chi connectivity index (χ2v) is 4.90. The molecular weight excluding hydrogens is 274 g/mol. The predicted molar refractivity (Wildman–Crippen MR) is 80.2 cm³/mol. The summed E-state index contributed by atoms with van der Waals surface area (Å²) in [6.45, 7) is 1.93. The van der Waals surface area contributed by atoms with Crippen molar-refractivity contribution in [2.75, 3.05) is 5.73 Å². The molecule has 0 bridgehead atoms. The molecule has 0 amide bonds. The number of nitrogens with zero attached hydrogens (tertiary/aromatic N) is 2. The molecule has 0 saturated carbocycles. The fourth-order valence-electron chi connectivity index (χ4n) is 1.96. The summed E-state index contributed by atoms with van der Waals surface area (Å²) in [4.78, 5) is 8.38. The molecule has 2 aromatic carbocycles. The van der Waals surface area contributed by atoms with Crippen LogP contribution in [-0.2, 0) is 0 Å². The maximum atomic E-state index is 5.94. The molecule has 3 rings (SSSR count). The maximum absolute atomic E-state index is 5.94. The van der Waals surface area contributed by atoms with Crippen LogP contribution in [0.1, 0.15) is 5.56 Å². The zero-order valence-corrected chi connectivity index (χ0v) is 11.6. The Bertz CT molecular complexity index is 789. The molecule has 0 unspecified atom stereocenters. The number of ether oxygens (including phenoxy) is 1. The number of fused-ring (bicyclic) bond motifs is 1. The van der Waals surface area contributed by atoms with Crippen molar-refractivity contribution in [2.45, 2.75) is 6.92 Å². The minimum atomic E-state index is 0.500. The van der Waals surface area contributed by atoms with Gasteiger partial charge >= 0.3 is 0 Å². The third-order valence-electron chi connectivity index (χ3n) is 2.97. The number of halogens is 1. The third-order valence-corrected chi connectivity index (χ3v) is 3.20. The van der Waals surface area contributed by atoms with Gasteiger partial charge in [0.15, 0.2) is 0 Å². The fraction of sp³-hybridized carbons (Fsp3) is 0.0667. The summed E-state index contributed by atoms with van der Waals surface area (Å²) in [7, 11) is 0. The summed E-state index contributed by atoms with van der Waals surface area (Å²) in [5, 5.41) is 1.49. The first-order valence-electron chi connectivity index (χ1n) is 6.08. The lowest BCUT2D eigenvalue weighted by molar-refractivity contribution is 0.464. The first-order valence-corrected chi connectivity index (χ1v) is 6.45. The van der Waals surface area contributed by atoms with Gasteiger partial charge in [-0.1, -0.05) is 11.6 Å². The quantitative estimate of drug-likeness (QED) is 0.724. The molecule has 0 spiro atoms. The van der Waals surface area contributed by atoms with Gasteiger partial charge in [-0.15, -0.1) is 0 Å². The number of hydrogen-bond acceptors (Lipinski definition) is 4. The molecule has 0 radical (unpaired) electrons. The Morgan fingerprint density at radius 1 is 1.10 bits per heavy atom. The molecular formula is C15H12ClN3O. The van der Waals surface area contributed by atoms with Gasteiger partial charge in [-0.25, -0.2) is 9.97 Å². The first-order chi connectivity index (χ1) is 9.63. The standard InChI is InChI=1S/C15H12ClN3O/c1-9-6-10(16)2-5-14(9)20-15-12-4-3-11(17)7-13(12)18-8-19-15/h2-8H,17H2,1H3. The van der Waals surface area contributed by atoms with Crippen molar-refractivity contribution in [3.05, 3.63) is 53.3 Å². The summed E-state index contributed by atoms with van der Waals surface area (Å²) in [5.41, 5.74) is 8.10. The van der Waals surface area contributed by atoms with E-state index in [9.17, 15) is 0 Å². The Hall–Kier alpha value is -2.33. The van der Waals surface area contributed by atoms with Gasteiger partial charge in [0.1, 0.15) is 12.1 Å². The van der Waals surface area contributed by atoms with E-state index in [2.05, 4.69) is 9.97 Å². The number of nitrogen functional groups attached to an aromatic ring is 1. The van der Waals surface area contributed by atoms with Crippen molar-refractivity contribution in [1.82, 2.24) is 9.97 Å². The van der Waals surface area contributed by atoms with E-state index >= 15 is 0 Å². The van der Waals surface area contributed by atoms with Gasteiger partial charge in [0.25, 0.3) is 0 Å². The highest BCUT2D eigenvalue weighted by molar-refractivity contribution is 6.30. The SMILES string of the molecule is Cc1cc(Cl)ccc1Oc1ncnc2cc(N)ccc12. The van der Waals surface area contributed by atoms with Crippen molar-refractivity contribution in [1.29, 1.82) is 0 Å². The number of anilines is 1. The van der Waals surface area contributed by atoms with Gasteiger partial charge in [-0.05, 0) is 48.9 Å². The molecule has 0 aliphatic carbocycles. The predicted octanol–water partition coefficient (Wildman–Crippen LogP) is 3.97. The lowest BCUT2D eigenvalue weighted by atomic mass is 10.2. The van der Waals surface area contributed by atoms with Crippen molar-refractivity contribution in [2.24, 2.45) is 0 Å². The normalized spacial score (nSPS) is 10.7. The number of nitrogens with two attached hydrogens (primary N) is 1. The molecule has 100 valence electrons. The van der Waals surface area contributed by atoms with E-state index in [1.165, 1.54) is 6.33 Å². The van der Waals surface area contributed by atoms with Gasteiger partial charge < -0.3 is 10.5 Å². The second-order valence-electron chi connectivity index (χ2n) is 4.47. The minimum absolute atomic E-state index is 0.500. The third kappa shape index (κ3) is 2.38. The highest BCUT2D eigenvalue weighted by atomic mass is 35.5. The van der Waals surface area contributed by atoms with Crippen LogP contribution >= 0.6 is 11.6 Å². The molecule has 5 heteroatoms. The molecule has 0 aliphatic rings. The minimum Gasteiger partial charge on any atom is -0.438 e. The van der Waals surface area contributed by atoms with Crippen LogP contribution in [-0.4, -0.2) is 9.97 Å². The van der Waals surface area contributed by atoms with Crippen molar-refractivity contribution < 1.29 is 4.74 Å². The number of hydrogen-bond donors (Lipinski definition) is 1. The second kappa shape index (κ2) is 4.98. The maximum Gasteiger partial charge on any atom is 0.230 e. The van der Waals surface area contributed by atoms with E-state index < -0.39 is 0 Å². The number of rotatable bonds is 2. The van der Waals surface area contributed by atoms with Crippen molar-refractivity contribution in [3.63, 3.8) is 0 Å². The lowest BCUT2D eigenvalue weighted by Crippen LogP contribution is -1.94. The van der Waals surface area contributed by atoms with E-state index in [4.69, 9.17) is 22.1 Å². The van der Waals surface area contributed by atoms with Crippen molar-refractivity contribution in [3.8, 4) is 11.6 Å². The molecule has 0 saturated heterocycles. The van der Waals surface area contributed by atoms with Crippen LogP contribution in [0.2, 0.25) is 5.02 Å². The first kappa shape index (κ1) is 12.7. The Kier molecular flexibility index (Phi) is 3.16. The van der Waals surface area contributed by atoms with Crippen LogP contribution in [0, 0.1) is 6.92 Å². The number of aromatic nitrogens is 2.